The number of rotatable bonds is 6. The molecule has 0 radical (unpaired) electrons. The summed E-state index contributed by atoms with van der Waals surface area (Å²) in [5.74, 6) is 0.114. The molecule has 1 rings (SSSR count). The van der Waals surface area contributed by atoms with Crippen LogP contribution in [-0.2, 0) is 26.1 Å². The third-order valence-electron chi connectivity index (χ3n) is 2.19. The molecule has 0 aromatic heterocycles. The van der Waals surface area contributed by atoms with Crippen molar-refractivity contribution < 1.29 is 18.0 Å². The second-order valence-electron chi connectivity index (χ2n) is 3.64. The Morgan fingerprint density at radius 1 is 1.29 bits per heavy atom. The Morgan fingerprint density at radius 2 is 1.88 bits per heavy atom. The van der Waals surface area contributed by atoms with Gasteiger partial charge in [-0.3, -0.25) is 4.84 Å². The molecule has 0 unspecified atom stereocenters. The van der Waals surface area contributed by atoms with Gasteiger partial charge in [-0.1, -0.05) is 17.0 Å². The van der Waals surface area contributed by atoms with Crippen LogP contribution in [0.25, 0.3) is 0 Å². The number of carbonyl (C=O) groups excluding carboxylic acids is 1. The molecule has 94 valence electrons. The monoisotopic (exact) mass is 257 g/mol. The number of carbonyl (C=O) groups is 1. The van der Waals surface area contributed by atoms with Crippen molar-refractivity contribution in [3.05, 3.63) is 29.8 Å². The molecule has 1 aromatic carbocycles. The van der Waals surface area contributed by atoms with Crippen molar-refractivity contribution in [3.63, 3.8) is 0 Å². The van der Waals surface area contributed by atoms with Gasteiger partial charge in [0.1, 0.15) is 5.78 Å². The van der Waals surface area contributed by atoms with E-state index in [-0.39, 0.29) is 10.7 Å². The predicted octanol–water partition coefficient (Wildman–Crippen LogP) is 1.05. The molecule has 0 aliphatic carbocycles. The Balaban J connectivity index is 2.78. The van der Waals surface area contributed by atoms with Crippen LogP contribution in [0.3, 0.4) is 0 Å². The second-order valence-corrected chi connectivity index (χ2v) is 5.28. The smallest absolute Gasteiger partial charge is 0.262 e. The fourth-order valence-electron chi connectivity index (χ4n) is 1.31. The number of Topliss-reactive ketones (excluding diaryl/α,β-unsaturated/α-hetero) is 1. The van der Waals surface area contributed by atoms with Crippen LogP contribution in [0.2, 0.25) is 0 Å². The zero-order chi connectivity index (χ0) is 12.9. The van der Waals surface area contributed by atoms with Crippen molar-refractivity contribution in [2.75, 3.05) is 7.11 Å². The van der Waals surface area contributed by atoms with E-state index in [0.717, 1.165) is 5.56 Å². The molecular weight excluding hydrogens is 242 g/mol. The topological polar surface area (TPSA) is 72.5 Å². The number of sulfonamides is 1. The van der Waals surface area contributed by atoms with Gasteiger partial charge in [0.05, 0.1) is 12.0 Å². The first-order chi connectivity index (χ1) is 7.95. The molecule has 0 aliphatic rings. The zero-order valence-electron chi connectivity index (χ0n) is 9.76. The Labute approximate surface area is 101 Å². The van der Waals surface area contributed by atoms with Gasteiger partial charge in [0.25, 0.3) is 10.0 Å². The Morgan fingerprint density at radius 3 is 2.35 bits per heavy atom. The summed E-state index contributed by atoms with van der Waals surface area (Å²) >= 11 is 0. The summed E-state index contributed by atoms with van der Waals surface area (Å²) in [6, 6.07) is 6.34. The standard InChI is InChI=1S/C11H15NO4S/c1-9(13)3-4-10-5-7-11(8-6-10)17(14,15)12-16-2/h5-8,12H,3-4H2,1-2H3. The van der Waals surface area contributed by atoms with Crippen LogP contribution in [0.15, 0.2) is 29.2 Å². The molecule has 17 heavy (non-hydrogen) atoms. The van der Waals surface area contributed by atoms with E-state index in [9.17, 15) is 13.2 Å². The molecule has 5 nitrogen and oxygen atoms in total. The van der Waals surface area contributed by atoms with E-state index >= 15 is 0 Å². The molecule has 0 saturated heterocycles. The van der Waals surface area contributed by atoms with E-state index in [2.05, 4.69) is 4.84 Å². The van der Waals surface area contributed by atoms with Gasteiger partial charge in [0, 0.05) is 6.42 Å². The first-order valence-corrected chi connectivity index (χ1v) is 6.57. The Hall–Kier alpha value is -1.24. The first-order valence-electron chi connectivity index (χ1n) is 5.09. The fourth-order valence-corrected chi connectivity index (χ4v) is 2.12. The minimum atomic E-state index is -3.60. The minimum absolute atomic E-state index is 0.114. The van der Waals surface area contributed by atoms with E-state index in [1.807, 2.05) is 4.89 Å². The third-order valence-corrected chi connectivity index (χ3v) is 3.47. The van der Waals surface area contributed by atoms with Gasteiger partial charge in [-0.15, -0.1) is 0 Å². The van der Waals surface area contributed by atoms with Gasteiger partial charge >= 0.3 is 0 Å². The summed E-state index contributed by atoms with van der Waals surface area (Å²) in [5.41, 5.74) is 0.927. The highest BCUT2D eigenvalue weighted by molar-refractivity contribution is 7.89. The number of aryl methyl sites for hydroxylation is 1. The van der Waals surface area contributed by atoms with Crippen LogP contribution in [-0.4, -0.2) is 21.3 Å². The van der Waals surface area contributed by atoms with Crippen LogP contribution >= 0.6 is 0 Å². The molecule has 0 fully saturated rings. The molecular formula is C11H15NO4S. The average Bonchev–Trinajstić information content (AvgIpc) is 2.27. The van der Waals surface area contributed by atoms with Gasteiger partial charge in [-0.05, 0) is 31.0 Å². The molecule has 0 atom stereocenters. The quantitative estimate of drug-likeness (QED) is 0.773. The molecule has 0 spiro atoms. The van der Waals surface area contributed by atoms with Crippen LogP contribution in [0.1, 0.15) is 18.9 Å². The van der Waals surface area contributed by atoms with Crippen LogP contribution in [0.5, 0.6) is 0 Å². The highest BCUT2D eigenvalue weighted by atomic mass is 32.2. The van der Waals surface area contributed by atoms with Crippen molar-refractivity contribution in [1.29, 1.82) is 0 Å². The van der Waals surface area contributed by atoms with Gasteiger partial charge in [0.15, 0.2) is 0 Å². The molecule has 0 heterocycles. The molecule has 0 saturated carbocycles. The Kier molecular flexibility index (Phi) is 4.80. The van der Waals surface area contributed by atoms with Gasteiger partial charge < -0.3 is 4.79 Å². The van der Waals surface area contributed by atoms with Gasteiger partial charge in [0.2, 0.25) is 0 Å². The predicted molar refractivity (Wildman–Crippen MR) is 62.8 cm³/mol. The lowest BCUT2D eigenvalue weighted by atomic mass is 10.1. The molecule has 1 aromatic rings. The summed E-state index contributed by atoms with van der Waals surface area (Å²) in [7, 11) is -2.36. The van der Waals surface area contributed by atoms with Crippen LogP contribution in [0, 0.1) is 0 Å². The number of benzene rings is 1. The minimum Gasteiger partial charge on any atom is -0.300 e. The first kappa shape index (κ1) is 13.8. The third kappa shape index (κ3) is 4.26. The zero-order valence-corrected chi connectivity index (χ0v) is 10.6. The molecule has 0 aliphatic heterocycles. The lowest BCUT2D eigenvalue weighted by molar-refractivity contribution is -0.116. The summed E-state index contributed by atoms with van der Waals surface area (Å²) in [6.07, 6.45) is 1.08. The van der Waals surface area contributed by atoms with E-state index in [1.54, 1.807) is 12.1 Å². The van der Waals surface area contributed by atoms with E-state index in [4.69, 9.17) is 0 Å². The van der Waals surface area contributed by atoms with Crippen LogP contribution < -0.4 is 4.89 Å². The second kappa shape index (κ2) is 5.90. The lowest BCUT2D eigenvalue weighted by Crippen LogP contribution is -2.22. The van der Waals surface area contributed by atoms with Crippen molar-refractivity contribution in [3.8, 4) is 0 Å². The normalized spacial score (nSPS) is 11.4. The number of hydrogen-bond acceptors (Lipinski definition) is 4. The maximum absolute atomic E-state index is 11.5. The van der Waals surface area contributed by atoms with Crippen molar-refractivity contribution in [1.82, 2.24) is 4.89 Å². The van der Waals surface area contributed by atoms with Crippen LogP contribution in [0.4, 0.5) is 0 Å². The highest BCUT2D eigenvalue weighted by Gasteiger charge is 2.12. The van der Waals surface area contributed by atoms with Crippen molar-refractivity contribution >= 4 is 15.8 Å². The molecule has 1 N–H and O–H groups in total. The van der Waals surface area contributed by atoms with Crippen molar-refractivity contribution in [2.24, 2.45) is 0 Å². The summed E-state index contributed by atoms with van der Waals surface area (Å²) in [5, 5.41) is 0. The summed E-state index contributed by atoms with van der Waals surface area (Å²) in [6.45, 7) is 1.53. The number of nitrogens with one attached hydrogen (secondary N) is 1. The fraction of sp³-hybridized carbons (Fsp3) is 0.364. The lowest BCUT2D eigenvalue weighted by Gasteiger charge is -2.05. The van der Waals surface area contributed by atoms with Crippen molar-refractivity contribution in [2.45, 2.75) is 24.7 Å². The largest absolute Gasteiger partial charge is 0.300 e. The van der Waals surface area contributed by atoms with Gasteiger partial charge in [-0.2, -0.15) is 0 Å². The molecule has 0 bridgehead atoms. The number of ketones is 1. The Bertz CT molecular complexity index is 479. The SMILES string of the molecule is CONS(=O)(=O)c1ccc(CCC(C)=O)cc1. The van der Waals surface area contributed by atoms with Gasteiger partial charge in [-0.25, -0.2) is 8.42 Å². The molecule has 0 amide bonds. The maximum Gasteiger partial charge on any atom is 0.262 e. The van der Waals surface area contributed by atoms with E-state index < -0.39 is 10.0 Å². The summed E-state index contributed by atoms with van der Waals surface area (Å²) in [4.78, 5) is 17.3. The maximum atomic E-state index is 11.5. The average molecular weight is 257 g/mol. The number of hydrogen-bond donors (Lipinski definition) is 1. The van der Waals surface area contributed by atoms with E-state index in [0.29, 0.717) is 12.8 Å². The summed E-state index contributed by atoms with van der Waals surface area (Å²) < 4.78 is 23.0. The van der Waals surface area contributed by atoms with E-state index in [1.165, 1.54) is 26.2 Å². The molecule has 6 heteroatoms. The highest BCUT2D eigenvalue weighted by Crippen LogP contribution is 2.11.